The molecule has 0 saturated heterocycles. The predicted molar refractivity (Wildman–Crippen MR) is 101 cm³/mol. The Kier molecular flexibility index (Phi) is 4.37. The summed E-state index contributed by atoms with van der Waals surface area (Å²) in [6.07, 6.45) is 6.47. The molecule has 0 bridgehead atoms. The third-order valence-corrected chi connectivity index (χ3v) is 4.94. The van der Waals surface area contributed by atoms with Crippen molar-refractivity contribution < 1.29 is 9.53 Å². The fourth-order valence-electron chi connectivity index (χ4n) is 3.38. The van der Waals surface area contributed by atoms with Crippen molar-refractivity contribution in [3.8, 4) is 5.75 Å². The molecule has 4 rings (SSSR count). The van der Waals surface area contributed by atoms with Gasteiger partial charge in [0.2, 0.25) is 5.91 Å². The SMILES string of the molecule is COc1cccc([C@@H](CC(=O)NC2CC2)c2cnc3c(C)cccn23)c1. The lowest BCUT2D eigenvalue weighted by Crippen LogP contribution is -2.27. The number of nitrogens with zero attached hydrogens (tertiary/aromatic N) is 2. The van der Waals surface area contributed by atoms with Crippen LogP contribution in [0.5, 0.6) is 5.75 Å². The maximum Gasteiger partial charge on any atom is 0.221 e. The first-order valence-corrected chi connectivity index (χ1v) is 9.01. The van der Waals surface area contributed by atoms with E-state index in [2.05, 4.69) is 14.7 Å². The van der Waals surface area contributed by atoms with Crippen LogP contribution in [0.25, 0.3) is 5.65 Å². The fourth-order valence-corrected chi connectivity index (χ4v) is 3.38. The van der Waals surface area contributed by atoms with Gasteiger partial charge in [-0.15, -0.1) is 0 Å². The third kappa shape index (κ3) is 3.29. The highest BCUT2D eigenvalue weighted by atomic mass is 16.5. The minimum Gasteiger partial charge on any atom is -0.497 e. The van der Waals surface area contributed by atoms with Crippen molar-refractivity contribution in [1.82, 2.24) is 14.7 Å². The summed E-state index contributed by atoms with van der Waals surface area (Å²) in [6.45, 7) is 2.05. The zero-order valence-electron chi connectivity index (χ0n) is 15.1. The van der Waals surface area contributed by atoms with Crippen LogP contribution in [0, 0.1) is 6.92 Å². The number of hydrogen-bond donors (Lipinski definition) is 1. The summed E-state index contributed by atoms with van der Waals surface area (Å²) >= 11 is 0. The summed E-state index contributed by atoms with van der Waals surface area (Å²) < 4.78 is 7.47. The van der Waals surface area contributed by atoms with E-state index in [-0.39, 0.29) is 11.8 Å². The number of ether oxygens (including phenoxy) is 1. The van der Waals surface area contributed by atoms with E-state index in [1.54, 1.807) is 7.11 Å². The minimum absolute atomic E-state index is 0.0827. The van der Waals surface area contributed by atoms with E-state index in [1.165, 1.54) is 0 Å². The Balaban J connectivity index is 1.75. The van der Waals surface area contributed by atoms with Gasteiger partial charge in [0.25, 0.3) is 0 Å². The molecule has 0 aliphatic heterocycles. The van der Waals surface area contributed by atoms with Gasteiger partial charge in [-0.1, -0.05) is 18.2 Å². The van der Waals surface area contributed by atoms with E-state index in [0.29, 0.717) is 12.5 Å². The number of rotatable bonds is 6. The van der Waals surface area contributed by atoms with Crippen molar-refractivity contribution in [3.63, 3.8) is 0 Å². The lowest BCUT2D eigenvalue weighted by Gasteiger charge is -2.18. The molecule has 5 nitrogen and oxygen atoms in total. The topological polar surface area (TPSA) is 55.6 Å². The quantitative estimate of drug-likeness (QED) is 0.741. The average molecular weight is 349 g/mol. The van der Waals surface area contributed by atoms with E-state index in [9.17, 15) is 4.79 Å². The largest absolute Gasteiger partial charge is 0.497 e. The van der Waals surface area contributed by atoms with Crippen molar-refractivity contribution in [2.75, 3.05) is 7.11 Å². The molecule has 1 aliphatic rings. The number of aromatic nitrogens is 2. The Hall–Kier alpha value is -2.82. The van der Waals surface area contributed by atoms with Gasteiger partial charge in [0, 0.05) is 30.8 Å². The number of carbonyl (C=O) groups excluding carboxylic acids is 1. The molecule has 1 N–H and O–H groups in total. The maximum atomic E-state index is 12.6. The summed E-state index contributed by atoms with van der Waals surface area (Å²) in [5.41, 5.74) is 4.12. The van der Waals surface area contributed by atoms with E-state index in [1.807, 2.05) is 55.7 Å². The Morgan fingerprint density at radius 3 is 2.96 bits per heavy atom. The van der Waals surface area contributed by atoms with E-state index >= 15 is 0 Å². The van der Waals surface area contributed by atoms with E-state index < -0.39 is 0 Å². The molecule has 2 heterocycles. The highest BCUT2D eigenvalue weighted by molar-refractivity contribution is 5.78. The molecular weight excluding hydrogens is 326 g/mol. The molecule has 3 aromatic rings. The van der Waals surface area contributed by atoms with Gasteiger partial charge in [-0.3, -0.25) is 4.79 Å². The summed E-state index contributed by atoms with van der Waals surface area (Å²) in [6, 6.07) is 12.4. The number of hydrogen-bond acceptors (Lipinski definition) is 3. The van der Waals surface area contributed by atoms with Crippen LogP contribution < -0.4 is 10.1 Å². The molecule has 134 valence electrons. The number of nitrogens with one attached hydrogen (secondary N) is 1. The molecule has 1 aromatic carbocycles. The van der Waals surface area contributed by atoms with Gasteiger partial charge in [0.05, 0.1) is 12.8 Å². The van der Waals surface area contributed by atoms with Crippen LogP contribution in [0.15, 0.2) is 48.8 Å². The summed E-state index contributed by atoms with van der Waals surface area (Å²) in [5, 5.41) is 3.10. The first-order chi connectivity index (χ1) is 12.7. The number of fused-ring (bicyclic) bond motifs is 1. The molecular formula is C21H23N3O2. The summed E-state index contributed by atoms with van der Waals surface area (Å²) in [4.78, 5) is 17.1. The second-order valence-corrected chi connectivity index (χ2v) is 6.94. The summed E-state index contributed by atoms with van der Waals surface area (Å²) in [5.74, 6) is 0.795. The average Bonchev–Trinajstić information content (AvgIpc) is 3.35. The molecule has 0 spiro atoms. The third-order valence-electron chi connectivity index (χ3n) is 4.94. The second kappa shape index (κ2) is 6.83. The first kappa shape index (κ1) is 16.6. The fraction of sp³-hybridized carbons (Fsp3) is 0.333. The molecule has 1 aliphatic carbocycles. The first-order valence-electron chi connectivity index (χ1n) is 9.01. The second-order valence-electron chi connectivity index (χ2n) is 6.94. The van der Waals surface area contributed by atoms with Crippen molar-refractivity contribution in [2.24, 2.45) is 0 Å². The molecule has 1 fully saturated rings. The van der Waals surface area contributed by atoms with Gasteiger partial charge in [-0.2, -0.15) is 0 Å². The van der Waals surface area contributed by atoms with Gasteiger partial charge in [0.1, 0.15) is 11.4 Å². The molecule has 1 saturated carbocycles. The van der Waals surface area contributed by atoms with Crippen LogP contribution in [0.1, 0.15) is 42.0 Å². The maximum absolute atomic E-state index is 12.6. The van der Waals surface area contributed by atoms with Gasteiger partial charge in [-0.05, 0) is 49.1 Å². The standard InChI is InChI=1S/C21H23N3O2/c1-14-5-4-10-24-19(13-22-21(14)24)18(12-20(25)23-16-8-9-16)15-6-3-7-17(11-15)26-2/h3-7,10-11,13,16,18H,8-9,12H2,1-2H3,(H,23,25)/t18-/m1/s1. The Morgan fingerprint density at radius 1 is 1.35 bits per heavy atom. The molecule has 0 radical (unpaired) electrons. The van der Waals surface area contributed by atoms with Crippen LogP contribution in [0.2, 0.25) is 0 Å². The number of amides is 1. The van der Waals surface area contributed by atoms with Gasteiger partial charge in [0.15, 0.2) is 0 Å². The monoisotopic (exact) mass is 349 g/mol. The van der Waals surface area contributed by atoms with Crippen LogP contribution in [-0.4, -0.2) is 28.4 Å². The smallest absolute Gasteiger partial charge is 0.221 e. The van der Waals surface area contributed by atoms with Crippen molar-refractivity contribution in [2.45, 2.75) is 38.1 Å². The number of methoxy groups -OCH3 is 1. The van der Waals surface area contributed by atoms with Crippen LogP contribution in [-0.2, 0) is 4.79 Å². The van der Waals surface area contributed by atoms with Gasteiger partial charge >= 0.3 is 0 Å². The predicted octanol–water partition coefficient (Wildman–Crippen LogP) is 3.45. The molecule has 2 aromatic heterocycles. The minimum atomic E-state index is -0.0827. The van der Waals surface area contributed by atoms with E-state index in [4.69, 9.17) is 4.74 Å². The van der Waals surface area contributed by atoms with E-state index in [0.717, 1.165) is 41.1 Å². The highest BCUT2D eigenvalue weighted by Crippen LogP contribution is 2.32. The van der Waals surface area contributed by atoms with Crippen LogP contribution in [0.3, 0.4) is 0 Å². The molecule has 26 heavy (non-hydrogen) atoms. The van der Waals surface area contributed by atoms with Crippen LogP contribution in [0.4, 0.5) is 0 Å². The molecule has 0 unspecified atom stereocenters. The number of aryl methyl sites for hydroxylation is 1. The van der Waals surface area contributed by atoms with Crippen LogP contribution >= 0.6 is 0 Å². The zero-order chi connectivity index (χ0) is 18.1. The number of benzene rings is 1. The number of pyridine rings is 1. The number of carbonyl (C=O) groups is 1. The lowest BCUT2D eigenvalue weighted by molar-refractivity contribution is -0.121. The lowest BCUT2D eigenvalue weighted by atomic mass is 9.92. The number of imidazole rings is 1. The Bertz CT molecular complexity index is 943. The Morgan fingerprint density at radius 2 is 2.19 bits per heavy atom. The molecule has 1 amide bonds. The highest BCUT2D eigenvalue weighted by Gasteiger charge is 2.27. The van der Waals surface area contributed by atoms with Crippen molar-refractivity contribution >= 4 is 11.6 Å². The van der Waals surface area contributed by atoms with Crippen molar-refractivity contribution in [1.29, 1.82) is 0 Å². The summed E-state index contributed by atoms with van der Waals surface area (Å²) in [7, 11) is 1.66. The molecule has 5 heteroatoms. The Labute approximate surface area is 153 Å². The van der Waals surface area contributed by atoms with Crippen molar-refractivity contribution in [3.05, 3.63) is 65.6 Å². The van der Waals surface area contributed by atoms with Gasteiger partial charge in [-0.25, -0.2) is 4.98 Å². The van der Waals surface area contributed by atoms with Gasteiger partial charge < -0.3 is 14.5 Å². The molecule has 1 atom stereocenters. The zero-order valence-corrected chi connectivity index (χ0v) is 15.1. The normalized spacial score (nSPS) is 15.0.